The zero-order chi connectivity index (χ0) is 13.7. The van der Waals surface area contributed by atoms with Gasteiger partial charge in [0.15, 0.2) is 0 Å². The van der Waals surface area contributed by atoms with Gasteiger partial charge in [-0.25, -0.2) is 4.98 Å². The molecule has 0 spiro atoms. The van der Waals surface area contributed by atoms with Gasteiger partial charge in [-0.1, -0.05) is 43.6 Å². The summed E-state index contributed by atoms with van der Waals surface area (Å²) in [5.74, 6) is 1.16. The monoisotopic (exact) mass is 276 g/mol. The molecule has 2 aromatic rings. The summed E-state index contributed by atoms with van der Waals surface area (Å²) in [4.78, 5) is 4.27. The molecule has 0 saturated carbocycles. The van der Waals surface area contributed by atoms with Crippen LogP contribution in [0.25, 0.3) is 0 Å². The highest BCUT2D eigenvalue weighted by atomic mass is 35.5. The largest absolute Gasteiger partial charge is 0.437 e. The van der Waals surface area contributed by atoms with Crippen LogP contribution in [0.15, 0.2) is 42.6 Å². The van der Waals surface area contributed by atoms with Crippen molar-refractivity contribution in [2.24, 2.45) is 0 Å². The summed E-state index contributed by atoms with van der Waals surface area (Å²) in [6.45, 7) is 5.03. The molecule has 0 radical (unpaired) electrons. The Kier molecular flexibility index (Phi) is 4.77. The van der Waals surface area contributed by atoms with Crippen molar-refractivity contribution in [3.63, 3.8) is 0 Å². The Bertz CT molecular complexity index is 526. The second-order valence-corrected chi connectivity index (χ2v) is 4.98. The number of para-hydroxylation sites is 1. The number of ether oxygens (including phenoxy) is 1. The number of nitrogens with zero attached hydrogens (tertiary/aromatic N) is 1. The Balaban J connectivity index is 2.01. The molecule has 0 unspecified atom stereocenters. The molecule has 0 aliphatic carbocycles. The fourth-order valence-corrected chi connectivity index (χ4v) is 1.71. The first kappa shape index (κ1) is 13.8. The van der Waals surface area contributed by atoms with Crippen LogP contribution in [0.3, 0.4) is 0 Å². The minimum absolute atomic E-state index is 0.457. The summed E-state index contributed by atoms with van der Waals surface area (Å²) in [5.41, 5.74) is 1.13. The molecule has 0 amide bonds. The average molecular weight is 277 g/mol. The van der Waals surface area contributed by atoms with Gasteiger partial charge in [0.2, 0.25) is 5.88 Å². The maximum atomic E-state index is 6.03. The van der Waals surface area contributed by atoms with E-state index in [1.165, 1.54) is 0 Å². The molecule has 19 heavy (non-hydrogen) atoms. The number of pyridine rings is 1. The van der Waals surface area contributed by atoms with Crippen molar-refractivity contribution in [3.8, 4) is 11.6 Å². The summed E-state index contributed by atoms with van der Waals surface area (Å²) >= 11 is 6.03. The Labute approximate surface area is 118 Å². The first-order valence-corrected chi connectivity index (χ1v) is 6.63. The summed E-state index contributed by atoms with van der Waals surface area (Å²) in [7, 11) is 0. The quantitative estimate of drug-likeness (QED) is 0.895. The van der Waals surface area contributed by atoms with Gasteiger partial charge in [-0.15, -0.1) is 0 Å². The molecule has 0 fully saturated rings. The second-order valence-electron chi connectivity index (χ2n) is 4.57. The summed E-state index contributed by atoms with van der Waals surface area (Å²) in [5, 5.41) is 3.92. The van der Waals surface area contributed by atoms with Crippen molar-refractivity contribution < 1.29 is 4.74 Å². The zero-order valence-electron chi connectivity index (χ0n) is 11.1. The third-order valence-corrected chi connectivity index (χ3v) is 2.88. The third kappa shape index (κ3) is 4.23. The van der Waals surface area contributed by atoms with Crippen molar-refractivity contribution in [3.05, 3.63) is 53.2 Å². The predicted molar refractivity (Wildman–Crippen MR) is 77.7 cm³/mol. The SMILES string of the molecule is CC(C)NCc1ccc(Oc2ccccc2Cl)nc1. The van der Waals surface area contributed by atoms with Crippen molar-refractivity contribution in [2.45, 2.75) is 26.4 Å². The fraction of sp³-hybridized carbons (Fsp3) is 0.267. The van der Waals surface area contributed by atoms with E-state index in [2.05, 4.69) is 24.1 Å². The van der Waals surface area contributed by atoms with Crippen LogP contribution in [0.2, 0.25) is 5.02 Å². The molecule has 2 rings (SSSR count). The Morgan fingerprint density at radius 2 is 2.00 bits per heavy atom. The van der Waals surface area contributed by atoms with Gasteiger partial charge in [0, 0.05) is 24.8 Å². The van der Waals surface area contributed by atoms with E-state index in [9.17, 15) is 0 Å². The molecule has 0 atom stereocenters. The number of aromatic nitrogens is 1. The molecule has 0 aliphatic rings. The van der Waals surface area contributed by atoms with E-state index >= 15 is 0 Å². The van der Waals surface area contributed by atoms with Crippen LogP contribution in [-0.2, 0) is 6.54 Å². The van der Waals surface area contributed by atoms with Crippen LogP contribution in [0.4, 0.5) is 0 Å². The number of benzene rings is 1. The predicted octanol–water partition coefficient (Wildman–Crippen LogP) is 4.03. The average Bonchev–Trinajstić information content (AvgIpc) is 2.40. The van der Waals surface area contributed by atoms with E-state index in [0.29, 0.717) is 22.7 Å². The zero-order valence-corrected chi connectivity index (χ0v) is 11.8. The number of nitrogens with one attached hydrogen (secondary N) is 1. The van der Waals surface area contributed by atoms with Crippen molar-refractivity contribution >= 4 is 11.6 Å². The third-order valence-electron chi connectivity index (χ3n) is 2.56. The minimum atomic E-state index is 0.457. The summed E-state index contributed by atoms with van der Waals surface area (Å²) < 4.78 is 5.63. The summed E-state index contributed by atoms with van der Waals surface area (Å²) in [6, 6.07) is 11.6. The highest BCUT2D eigenvalue weighted by Gasteiger charge is 2.03. The Hall–Kier alpha value is -1.58. The standard InChI is InChI=1S/C15H17ClN2O/c1-11(2)17-9-12-7-8-15(18-10-12)19-14-6-4-3-5-13(14)16/h3-8,10-11,17H,9H2,1-2H3. The van der Waals surface area contributed by atoms with Crippen LogP contribution < -0.4 is 10.1 Å². The van der Waals surface area contributed by atoms with Crippen LogP contribution in [-0.4, -0.2) is 11.0 Å². The molecule has 1 aromatic heterocycles. The molecular weight excluding hydrogens is 260 g/mol. The van der Waals surface area contributed by atoms with E-state index < -0.39 is 0 Å². The van der Waals surface area contributed by atoms with Crippen LogP contribution in [0.5, 0.6) is 11.6 Å². The van der Waals surface area contributed by atoms with E-state index in [4.69, 9.17) is 16.3 Å². The lowest BCUT2D eigenvalue weighted by molar-refractivity contribution is 0.462. The maximum absolute atomic E-state index is 6.03. The van der Waals surface area contributed by atoms with Crippen molar-refractivity contribution in [1.82, 2.24) is 10.3 Å². The maximum Gasteiger partial charge on any atom is 0.219 e. The molecule has 3 nitrogen and oxygen atoms in total. The number of hydrogen-bond donors (Lipinski definition) is 1. The van der Waals surface area contributed by atoms with E-state index in [-0.39, 0.29) is 0 Å². The topological polar surface area (TPSA) is 34.1 Å². The summed E-state index contributed by atoms with van der Waals surface area (Å²) in [6.07, 6.45) is 1.81. The molecule has 0 bridgehead atoms. The van der Waals surface area contributed by atoms with Gasteiger partial charge in [0.25, 0.3) is 0 Å². The Morgan fingerprint density at radius 1 is 1.21 bits per heavy atom. The normalized spacial score (nSPS) is 10.7. The van der Waals surface area contributed by atoms with Gasteiger partial charge in [-0.05, 0) is 17.7 Å². The minimum Gasteiger partial charge on any atom is -0.437 e. The van der Waals surface area contributed by atoms with Gasteiger partial charge in [-0.2, -0.15) is 0 Å². The van der Waals surface area contributed by atoms with Crippen molar-refractivity contribution in [1.29, 1.82) is 0 Å². The smallest absolute Gasteiger partial charge is 0.219 e. The van der Waals surface area contributed by atoms with Gasteiger partial charge in [0.1, 0.15) is 5.75 Å². The van der Waals surface area contributed by atoms with Gasteiger partial charge in [-0.3, -0.25) is 0 Å². The number of halogens is 1. The van der Waals surface area contributed by atoms with Crippen LogP contribution in [0.1, 0.15) is 19.4 Å². The Morgan fingerprint density at radius 3 is 2.63 bits per heavy atom. The van der Waals surface area contributed by atoms with E-state index in [1.807, 2.05) is 36.5 Å². The van der Waals surface area contributed by atoms with Crippen LogP contribution in [0, 0.1) is 0 Å². The van der Waals surface area contributed by atoms with Gasteiger partial charge < -0.3 is 10.1 Å². The second kappa shape index (κ2) is 6.55. The van der Waals surface area contributed by atoms with Crippen molar-refractivity contribution in [2.75, 3.05) is 0 Å². The van der Waals surface area contributed by atoms with Crippen LogP contribution >= 0.6 is 11.6 Å². The van der Waals surface area contributed by atoms with E-state index in [0.717, 1.165) is 12.1 Å². The molecule has 0 saturated heterocycles. The first-order valence-electron chi connectivity index (χ1n) is 6.26. The van der Waals surface area contributed by atoms with Gasteiger partial charge >= 0.3 is 0 Å². The highest BCUT2D eigenvalue weighted by molar-refractivity contribution is 6.32. The first-order chi connectivity index (χ1) is 9.15. The molecule has 1 heterocycles. The van der Waals surface area contributed by atoms with Gasteiger partial charge in [0.05, 0.1) is 5.02 Å². The molecule has 4 heteroatoms. The lowest BCUT2D eigenvalue weighted by atomic mass is 10.2. The number of hydrogen-bond acceptors (Lipinski definition) is 3. The fourth-order valence-electron chi connectivity index (χ4n) is 1.54. The molecule has 1 aromatic carbocycles. The highest BCUT2D eigenvalue weighted by Crippen LogP contribution is 2.27. The molecular formula is C15H17ClN2O. The number of rotatable bonds is 5. The lowest BCUT2D eigenvalue weighted by Crippen LogP contribution is -2.21. The van der Waals surface area contributed by atoms with E-state index in [1.54, 1.807) is 6.07 Å². The molecule has 1 N–H and O–H groups in total. The molecule has 0 aliphatic heterocycles. The molecule has 100 valence electrons. The lowest BCUT2D eigenvalue weighted by Gasteiger charge is -2.09.